The van der Waals surface area contributed by atoms with Crippen molar-refractivity contribution in [1.82, 2.24) is 30.5 Å². The van der Waals surface area contributed by atoms with E-state index in [1.807, 2.05) is 50.3 Å². The molecule has 0 bridgehead atoms. The number of hydrogen-bond donors (Lipinski definition) is 3. The molecule has 0 unspecified atom stereocenters. The highest BCUT2D eigenvalue weighted by Crippen LogP contribution is 2.47. The minimum absolute atomic E-state index is 0. The minimum Gasteiger partial charge on any atom is -0.476 e. The smallest absolute Gasteiger partial charge is 0.408 e. The van der Waals surface area contributed by atoms with Crippen LogP contribution in [0.15, 0.2) is 36.4 Å². The maximum atomic E-state index is 14.9. The highest BCUT2D eigenvalue weighted by molar-refractivity contribution is 7.91. The first kappa shape index (κ1) is 41.2. The van der Waals surface area contributed by atoms with E-state index in [-0.39, 0.29) is 41.4 Å². The summed E-state index contributed by atoms with van der Waals surface area (Å²) in [4.78, 5) is 58.2. The number of amides is 4. The van der Waals surface area contributed by atoms with E-state index in [0.717, 1.165) is 6.42 Å². The van der Waals surface area contributed by atoms with Gasteiger partial charge in [0.25, 0.3) is 5.91 Å². The molecule has 1 aromatic heterocycles. The predicted molar refractivity (Wildman–Crippen MR) is 214 cm³/mol. The number of carbonyl (C=O) groups is 4. The normalized spacial score (nSPS) is 29.7. The zero-order valence-corrected chi connectivity index (χ0v) is 34.2. The fourth-order valence-corrected chi connectivity index (χ4v) is 9.10. The van der Waals surface area contributed by atoms with Gasteiger partial charge in [-0.1, -0.05) is 44.6 Å². The summed E-state index contributed by atoms with van der Waals surface area (Å²) in [5.74, 6) is -2.01. The lowest BCUT2D eigenvalue weighted by Gasteiger charge is -2.34. The van der Waals surface area contributed by atoms with Crippen molar-refractivity contribution >= 4 is 44.6 Å². The molecule has 312 valence electrons. The molecule has 2 aliphatic carbocycles. The third kappa shape index (κ3) is 8.74. The molecule has 0 spiro atoms. The summed E-state index contributed by atoms with van der Waals surface area (Å²) in [5.41, 5.74) is -2.37. The highest BCUT2D eigenvalue weighted by atomic mass is 32.2. The van der Waals surface area contributed by atoms with Gasteiger partial charge in [0, 0.05) is 16.6 Å². The van der Waals surface area contributed by atoms with Crippen molar-refractivity contribution in [3.8, 4) is 11.8 Å². The first-order valence-electron chi connectivity index (χ1n) is 19.8. The Labute approximate surface area is 333 Å². The average Bonchev–Trinajstić information content (AvgIpc) is 4.01. The zero-order chi connectivity index (χ0) is 40.6. The molecule has 0 radical (unpaired) electrons. The minimum atomic E-state index is -4.01. The van der Waals surface area contributed by atoms with Crippen molar-refractivity contribution in [3.63, 3.8) is 0 Å². The molecule has 2 saturated carbocycles. The van der Waals surface area contributed by atoms with Crippen LogP contribution in [0.3, 0.4) is 0 Å². The molecule has 3 N–H and O–H groups in total. The fourth-order valence-electron chi connectivity index (χ4n) is 7.79. The van der Waals surface area contributed by atoms with Crippen LogP contribution in [-0.2, 0) is 29.1 Å². The largest absolute Gasteiger partial charge is 0.476 e. The third-order valence-electron chi connectivity index (χ3n) is 11.5. The van der Waals surface area contributed by atoms with E-state index in [0.29, 0.717) is 55.4 Å². The van der Waals surface area contributed by atoms with E-state index >= 15 is 0 Å². The Morgan fingerprint density at radius 2 is 1.75 bits per heavy atom. The van der Waals surface area contributed by atoms with Gasteiger partial charge in [-0.15, -0.1) is 10.2 Å². The number of allylic oxidation sites excluding steroid dienone is 1. The van der Waals surface area contributed by atoms with Crippen LogP contribution in [-0.4, -0.2) is 94.6 Å². The Hall–Kier alpha value is -4.47. The van der Waals surface area contributed by atoms with Gasteiger partial charge < -0.3 is 29.7 Å². The number of rotatable bonds is 9. The summed E-state index contributed by atoms with van der Waals surface area (Å²) in [7, 11) is -4.01. The molecule has 3 heterocycles. The first-order valence-corrected chi connectivity index (χ1v) is 21.3. The van der Waals surface area contributed by atoms with Crippen LogP contribution < -0.4 is 24.8 Å². The number of benzene rings is 1. The van der Waals surface area contributed by atoms with E-state index in [2.05, 4.69) is 32.5 Å². The monoisotopic (exact) mass is 802 g/mol. The molecule has 4 amide bonds. The number of ether oxygens (including phenoxy) is 3. The van der Waals surface area contributed by atoms with Crippen molar-refractivity contribution < 1.29 is 46.1 Å². The maximum Gasteiger partial charge on any atom is 0.408 e. The number of carbonyl (C=O) groups excluding carboxylic acids is 4. The Morgan fingerprint density at radius 3 is 2.39 bits per heavy atom. The van der Waals surface area contributed by atoms with E-state index in [1.54, 1.807) is 27.7 Å². The van der Waals surface area contributed by atoms with Crippen molar-refractivity contribution in [2.45, 2.75) is 134 Å². The lowest BCUT2D eigenvalue weighted by atomic mass is 9.85. The molecule has 7 atom stereocenters. The van der Waals surface area contributed by atoms with E-state index in [9.17, 15) is 27.6 Å². The number of nitrogens with one attached hydrogen (secondary N) is 3. The van der Waals surface area contributed by atoms with Gasteiger partial charge in [-0.05, 0) is 97.1 Å². The summed E-state index contributed by atoms with van der Waals surface area (Å²) < 4.78 is 45.4. The Kier molecular flexibility index (Phi) is 11.6. The molecule has 1 aromatic carbocycles. The number of fused-ring (bicyclic) bond motifs is 3. The second kappa shape index (κ2) is 15.8. The highest BCUT2D eigenvalue weighted by Gasteiger charge is 2.63. The Balaban J connectivity index is 0.00000310. The van der Waals surface area contributed by atoms with Crippen LogP contribution in [0.2, 0.25) is 0 Å². The Bertz CT molecular complexity index is 2000. The van der Waals surface area contributed by atoms with Crippen LogP contribution in [0, 0.1) is 17.8 Å². The molecule has 56 heavy (non-hydrogen) atoms. The molecule has 2 aliphatic heterocycles. The molecular weight excluding hydrogens is 741 g/mol. The second-order valence-electron chi connectivity index (χ2n) is 17.1. The van der Waals surface area contributed by atoms with Crippen LogP contribution in [0.1, 0.15) is 104 Å². The van der Waals surface area contributed by atoms with Gasteiger partial charge in [-0.3, -0.25) is 19.1 Å². The number of nitrogens with zero attached hydrogens (tertiary/aromatic N) is 3. The number of aromatic nitrogens is 2. The summed E-state index contributed by atoms with van der Waals surface area (Å²) >= 11 is 0. The van der Waals surface area contributed by atoms with Gasteiger partial charge in [0.15, 0.2) is 0 Å². The van der Waals surface area contributed by atoms with E-state index in [4.69, 9.17) is 14.2 Å². The van der Waals surface area contributed by atoms with Crippen molar-refractivity contribution in [2.75, 3.05) is 13.2 Å². The molecule has 15 nitrogen and oxygen atoms in total. The van der Waals surface area contributed by atoms with Crippen LogP contribution in [0.4, 0.5) is 4.79 Å². The summed E-state index contributed by atoms with van der Waals surface area (Å²) in [5, 5.41) is 15.6. The summed E-state index contributed by atoms with van der Waals surface area (Å²) in [6.07, 6.45) is 6.02. The molecule has 1 saturated heterocycles. The van der Waals surface area contributed by atoms with Gasteiger partial charge in [0.05, 0.1) is 28.7 Å². The fraction of sp³-hybridized carbons (Fsp3) is 0.650. The quantitative estimate of drug-likeness (QED) is 0.279. The lowest BCUT2D eigenvalue weighted by Crippen LogP contribution is -2.59. The zero-order valence-electron chi connectivity index (χ0n) is 33.4. The number of hydrogen-bond acceptors (Lipinski definition) is 11. The SMILES string of the molecule is CCOc1nnc(O[C@@H]2C[C@H]3C(=O)N[C@]4(C(=O)NS(=O)(=O)C5(C)CC5)C[C@H]4/C=C\CC[C@@H](C)C[C@@H](CC)[C@H](NC(=O)OC(C)(C)C)C(=O)N3C2)c2ccccc12.[HH].[HH].[HH]. The van der Waals surface area contributed by atoms with Gasteiger partial charge in [0.1, 0.15) is 29.3 Å². The van der Waals surface area contributed by atoms with E-state index < -0.39 is 73.8 Å². The van der Waals surface area contributed by atoms with E-state index in [1.165, 1.54) is 4.90 Å². The molecule has 3 fully saturated rings. The summed E-state index contributed by atoms with van der Waals surface area (Å²) in [6, 6.07) is 5.14. The third-order valence-corrected chi connectivity index (χ3v) is 13.6. The van der Waals surface area contributed by atoms with Gasteiger partial charge in [-0.2, -0.15) is 0 Å². The second-order valence-corrected chi connectivity index (χ2v) is 19.3. The molecule has 2 aromatic rings. The van der Waals surface area contributed by atoms with Crippen LogP contribution in [0.25, 0.3) is 10.8 Å². The molecule has 16 heteroatoms. The molecular formula is C40H62N6O9S. The first-order chi connectivity index (χ1) is 26.4. The molecule has 6 rings (SSSR count). The number of alkyl carbamates (subject to hydrolysis) is 1. The van der Waals surface area contributed by atoms with Gasteiger partial charge in [0.2, 0.25) is 33.6 Å². The van der Waals surface area contributed by atoms with Crippen molar-refractivity contribution in [2.24, 2.45) is 17.8 Å². The topological polar surface area (TPSA) is 195 Å². The molecule has 4 aliphatic rings. The predicted octanol–water partition coefficient (Wildman–Crippen LogP) is 5.28. The van der Waals surface area contributed by atoms with Crippen molar-refractivity contribution in [3.05, 3.63) is 36.4 Å². The summed E-state index contributed by atoms with van der Waals surface area (Å²) in [6.45, 7) is 13.0. The Morgan fingerprint density at radius 1 is 1.07 bits per heavy atom. The van der Waals surface area contributed by atoms with Gasteiger partial charge in [-0.25, -0.2) is 13.2 Å². The maximum absolute atomic E-state index is 14.9. The average molecular weight is 803 g/mol. The van der Waals surface area contributed by atoms with Crippen molar-refractivity contribution in [1.29, 1.82) is 0 Å². The standard InChI is InChI=1S/C40H56N6O9S.3H2/c1-8-25-20-24(3)14-10-11-15-26-22-40(26,36(49)45-56(51,52)39(7)18-19-39)42-32(47)30-21-27(23-46(30)35(48)31(25)41-37(50)55-38(4,5)6)54-34-29-17-13-12-16-28(29)33(43-44-34)53-9-2;;;/h11-13,15-17,24-27,30-31H,8-10,14,18-23H2,1-7H3,(H,41,50)(H,42,47)(H,45,49);3*1H/b15-11-;;;/t24-,25-,26-,27-,30+,31+,40-;;;/m1.../s1. The van der Waals surface area contributed by atoms with Gasteiger partial charge >= 0.3 is 6.09 Å². The number of sulfonamides is 1. The van der Waals surface area contributed by atoms with Crippen LogP contribution in [0.5, 0.6) is 11.8 Å². The lowest BCUT2D eigenvalue weighted by molar-refractivity contribution is -0.142. The van der Waals surface area contributed by atoms with Crippen LogP contribution >= 0.6 is 0 Å².